The van der Waals surface area contributed by atoms with Crippen LogP contribution in [-0.4, -0.2) is 35.3 Å². The van der Waals surface area contributed by atoms with Gasteiger partial charge in [-0.05, 0) is 19.3 Å². The SMILES string of the molecule is CCCO[Si](OCCC)(OCCC)C(C)CF. The van der Waals surface area contributed by atoms with E-state index >= 15 is 0 Å². The molecule has 0 saturated heterocycles. The zero-order valence-electron chi connectivity index (χ0n) is 11.6. The quantitative estimate of drug-likeness (QED) is 0.535. The van der Waals surface area contributed by atoms with Crippen molar-refractivity contribution < 1.29 is 17.7 Å². The molecule has 0 N–H and O–H groups in total. The zero-order chi connectivity index (χ0) is 13.1. The maximum Gasteiger partial charge on any atom is 0.506 e. The molecule has 0 aliphatic heterocycles. The van der Waals surface area contributed by atoms with Gasteiger partial charge in [-0.2, -0.15) is 0 Å². The van der Waals surface area contributed by atoms with Crippen molar-refractivity contribution in [2.24, 2.45) is 0 Å². The summed E-state index contributed by atoms with van der Waals surface area (Å²) in [7, 11) is -2.84. The summed E-state index contributed by atoms with van der Waals surface area (Å²) in [5.74, 6) is 0. The number of halogens is 1. The Bertz CT molecular complexity index is 159. The van der Waals surface area contributed by atoms with Crippen LogP contribution in [0.5, 0.6) is 0 Å². The largest absolute Gasteiger partial charge is 0.506 e. The molecule has 0 bridgehead atoms. The first kappa shape index (κ1) is 17.0. The number of alkyl halides is 1. The highest BCUT2D eigenvalue weighted by Gasteiger charge is 2.47. The fraction of sp³-hybridized carbons (Fsp3) is 1.00. The van der Waals surface area contributed by atoms with Crippen molar-refractivity contribution in [3.05, 3.63) is 0 Å². The molecule has 0 heterocycles. The summed E-state index contributed by atoms with van der Waals surface area (Å²) in [5.41, 5.74) is -0.285. The van der Waals surface area contributed by atoms with Gasteiger partial charge in [-0.25, -0.2) is 0 Å². The Kier molecular flexibility index (Phi) is 10.0. The molecule has 0 aliphatic carbocycles. The third kappa shape index (κ3) is 5.95. The minimum Gasteiger partial charge on any atom is -0.373 e. The molecule has 1 unspecified atom stereocenters. The zero-order valence-corrected chi connectivity index (χ0v) is 12.6. The van der Waals surface area contributed by atoms with Crippen molar-refractivity contribution in [1.82, 2.24) is 0 Å². The van der Waals surface area contributed by atoms with Crippen molar-refractivity contribution in [1.29, 1.82) is 0 Å². The third-order valence-corrected chi connectivity index (χ3v) is 5.54. The molecule has 0 rings (SSSR count). The predicted molar refractivity (Wildman–Crippen MR) is 69.9 cm³/mol. The Morgan fingerprint density at radius 2 is 1.24 bits per heavy atom. The molecule has 0 aromatic carbocycles. The van der Waals surface area contributed by atoms with Gasteiger partial charge in [-0.3, -0.25) is 4.39 Å². The second-order valence-corrected chi connectivity index (χ2v) is 7.26. The number of rotatable bonds is 11. The van der Waals surface area contributed by atoms with Crippen LogP contribution in [0.3, 0.4) is 0 Å². The van der Waals surface area contributed by atoms with Crippen molar-refractivity contribution in [3.63, 3.8) is 0 Å². The maximum atomic E-state index is 13.0. The van der Waals surface area contributed by atoms with E-state index in [1.54, 1.807) is 0 Å². The number of hydrogen-bond donors (Lipinski definition) is 0. The lowest BCUT2D eigenvalue weighted by Crippen LogP contribution is -2.50. The van der Waals surface area contributed by atoms with Crippen molar-refractivity contribution in [2.75, 3.05) is 26.5 Å². The lowest BCUT2D eigenvalue weighted by Gasteiger charge is -2.33. The van der Waals surface area contributed by atoms with Gasteiger partial charge in [0.25, 0.3) is 0 Å². The van der Waals surface area contributed by atoms with E-state index in [9.17, 15) is 4.39 Å². The third-order valence-electron chi connectivity index (χ3n) is 2.36. The van der Waals surface area contributed by atoms with Crippen LogP contribution < -0.4 is 0 Å². The van der Waals surface area contributed by atoms with E-state index in [1.165, 1.54) is 0 Å². The monoisotopic (exact) mass is 266 g/mol. The molecule has 0 aromatic heterocycles. The summed E-state index contributed by atoms with van der Waals surface area (Å²) in [6.45, 7) is 9.16. The Hall–Kier alpha value is 0.0269. The molecule has 0 fully saturated rings. The molecule has 0 saturated carbocycles. The van der Waals surface area contributed by atoms with Gasteiger partial charge in [-0.1, -0.05) is 27.7 Å². The van der Waals surface area contributed by atoms with Gasteiger partial charge < -0.3 is 13.3 Å². The van der Waals surface area contributed by atoms with Crippen LogP contribution in [0.2, 0.25) is 5.54 Å². The normalized spacial score (nSPS) is 13.9. The Labute approximate surface area is 106 Å². The first-order chi connectivity index (χ1) is 8.16. The summed E-state index contributed by atoms with van der Waals surface area (Å²) in [6, 6.07) is 0. The maximum absolute atomic E-state index is 13.0. The predicted octanol–water partition coefficient (Wildman–Crippen LogP) is 3.56. The minimum absolute atomic E-state index is 0.285. The van der Waals surface area contributed by atoms with Gasteiger partial charge >= 0.3 is 8.80 Å². The lowest BCUT2D eigenvalue weighted by atomic mass is 10.5. The van der Waals surface area contributed by atoms with Crippen LogP contribution in [0.4, 0.5) is 4.39 Å². The standard InChI is InChI=1S/C12H27FO3Si/c1-5-8-14-17(12(4)11-13,15-9-6-2)16-10-7-3/h12H,5-11H2,1-4H3. The van der Waals surface area contributed by atoms with Crippen LogP contribution in [-0.2, 0) is 13.3 Å². The molecule has 0 amide bonds. The fourth-order valence-corrected chi connectivity index (χ4v) is 4.14. The molecule has 104 valence electrons. The Morgan fingerprint density at radius 1 is 0.882 bits per heavy atom. The van der Waals surface area contributed by atoms with Gasteiger partial charge in [0.05, 0.1) is 12.2 Å². The molecule has 0 aromatic rings. The smallest absolute Gasteiger partial charge is 0.373 e. The van der Waals surface area contributed by atoms with Gasteiger partial charge in [0.15, 0.2) is 0 Å². The first-order valence-electron chi connectivity index (χ1n) is 6.64. The van der Waals surface area contributed by atoms with E-state index < -0.39 is 15.5 Å². The van der Waals surface area contributed by atoms with E-state index in [4.69, 9.17) is 13.3 Å². The molecular formula is C12H27FO3Si. The van der Waals surface area contributed by atoms with E-state index in [1.807, 2.05) is 27.7 Å². The van der Waals surface area contributed by atoms with Gasteiger partial charge in [-0.15, -0.1) is 0 Å². The van der Waals surface area contributed by atoms with E-state index in [2.05, 4.69) is 0 Å². The Balaban J connectivity index is 4.63. The fourth-order valence-electron chi connectivity index (χ4n) is 1.38. The number of hydrogen-bond acceptors (Lipinski definition) is 3. The molecule has 1 atom stereocenters. The molecule has 5 heteroatoms. The second-order valence-electron chi connectivity index (χ2n) is 4.20. The molecule has 3 nitrogen and oxygen atoms in total. The second kappa shape index (κ2) is 10.00. The highest BCUT2D eigenvalue weighted by molar-refractivity contribution is 6.62. The average Bonchev–Trinajstić information content (AvgIpc) is 2.37. The van der Waals surface area contributed by atoms with Gasteiger partial charge in [0, 0.05) is 19.8 Å². The van der Waals surface area contributed by atoms with Crippen LogP contribution in [0.1, 0.15) is 47.0 Å². The summed E-state index contributed by atoms with van der Waals surface area (Å²) in [5, 5.41) is 0. The highest BCUT2D eigenvalue weighted by atomic mass is 28.4. The van der Waals surface area contributed by atoms with Gasteiger partial charge in [0.1, 0.15) is 0 Å². The molecular weight excluding hydrogens is 239 g/mol. The van der Waals surface area contributed by atoms with E-state index in [0.717, 1.165) is 19.3 Å². The molecule has 0 aliphatic rings. The summed E-state index contributed by atoms with van der Waals surface area (Å²) >= 11 is 0. The summed E-state index contributed by atoms with van der Waals surface area (Å²) in [6.07, 6.45) is 2.66. The van der Waals surface area contributed by atoms with Crippen LogP contribution >= 0.6 is 0 Å². The van der Waals surface area contributed by atoms with E-state index in [-0.39, 0.29) is 5.54 Å². The van der Waals surface area contributed by atoms with Crippen molar-refractivity contribution >= 4 is 8.80 Å². The molecule has 0 spiro atoms. The van der Waals surface area contributed by atoms with Crippen LogP contribution in [0, 0.1) is 0 Å². The molecule has 0 radical (unpaired) electrons. The highest BCUT2D eigenvalue weighted by Crippen LogP contribution is 2.26. The minimum atomic E-state index is -2.84. The van der Waals surface area contributed by atoms with Crippen molar-refractivity contribution in [3.8, 4) is 0 Å². The van der Waals surface area contributed by atoms with Crippen LogP contribution in [0.15, 0.2) is 0 Å². The van der Waals surface area contributed by atoms with E-state index in [0.29, 0.717) is 19.8 Å². The van der Waals surface area contributed by atoms with Crippen LogP contribution in [0.25, 0.3) is 0 Å². The topological polar surface area (TPSA) is 27.7 Å². The molecule has 17 heavy (non-hydrogen) atoms. The average molecular weight is 266 g/mol. The summed E-state index contributed by atoms with van der Waals surface area (Å²) < 4.78 is 30.3. The Morgan fingerprint density at radius 3 is 1.47 bits per heavy atom. The lowest BCUT2D eigenvalue weighted by molar-refractivity contribution is 0.0483. The van der Waals surface area contributed by atoms with Gasteiger partial charge in [0.2, 0.25) is 0 Å². The first-order valence-corrected chi connectivity index (χ1v) is 8.44. The van der Waals surface area contributed by atoms with Crippen molar-refractivity contribution in [2.45, 2.75) is 52.5 Å². The summed E-state index contributed by atoms with van der Waals surface area (Å²) in [4.78, 5) is 0.